The van der Waals surface area contributed by atoms with Crippen molar-refractivity contribution in [3.63, 3.8) is 0 Å². The zero-order valence-electron chi connectivity index (χ0n) is 14.2. The maximum atomic E-state index is 5.51. The van der Waals surface area contributed by atoms with Gasteiger partial charge in [-0.2, -0.15) is 0 Å². The van der Waals surface area contributed by atoms with Crippen LogP contribution in [0.25, 0.3) is 5.70 Å². The van der Waals surface area contributed by atoms with Crippen molar-refractivity contribution in [2.75, 3.05) is 13.1 Å². The minimum Gasteiger partial charge on any atom is -0.371 e. The molecule has 0 unspecified atom stereocenters. The molecular formula is C22H25N. The molecule has 2 aliphatic rings. The highest BCUT2D eigenvalue weighted by Crippen LogP contribution is 2.34. The fourth-order valence-electron chi connectivity index (χ4n) is 3.75. The molecule has 0 radical (unpaired) electrons. The van der Waals surface area contributed by atoms with E-state index in [0.717, 1.165) is 25.1 Å². The Morgan fingerprint density at radius 2 is 1.96 bits per heavy atom. The minimum atomic E-state index is 0.681. The molecule has 1 aromatic rings. The number of allylic oxidation sites excluding steroid dienone is 4. The van der Waals surface area contributed by atoms with Gasteiger partial charge < -0.3 is 4.90 Å². The molecule has 0 amide bonds. The van der Waals surface area contributed by atoms with E-state index in [9.17, 15) is 0 Å². The highest BCUT2D eigenvalue weighted by molar-refractivity contribution is 5.65. The van der Waals surface area contributed by atoms with Crippen molar-refractivity contribution in [1.29, 1.82) is 0 Å². The van der Waals surface area contributed by atoms with E-state index in [1.807, 2.05) is 0 Å². The average molecular weight is 303 g/mol. The van der Waals surface area contributed by atoms with Crippen molar-refractivity contribution in [2.45, 2.75) is 33.1 Å². The van der Waals surface area contributed by atoms with Gasteiger partial charge in [0.1, 0.15) is 0 Å². The Kier molecular flexibility index (Phi) is 4.44. The largest absolute Gasteiger partial charge is 0.371 e. The summed E-state index contributed by atoms with van der Waals surface area (Å²) in [6.07, 6.45) is 13.2. The Bertz CT molecular complexity index is 719. The van der Waals surface area contributed by atoms with Crippen LogP contribution in [0.2, 0.25) is 0 Å². The molecule has 1 aliphatic carbocycles. The van der Waals surface area contributed by atoms with Crippen LogP contribution in [0.15, 0.2) is 48.1 Å². The molecule has 0 atom stereocenters. The summed E-state index contributed by atoms with van der Waals surface area (Å²) in [5, 5.41) is 0. The van der Waals surface area contributed by atoms with E-state index in [4.69, 9.17) is 6.42 Å². The molecular weight excluding hydrogens is 278 g/mol. The van der Waals surface area contributed by atoms with Gasteiger partial charge in [-0.15, -0.1) is 6.42 Å². The van der Waals surface area contributed by atoms with Gasteiger partial charge in [-0.05, 0) is 38.2 Å². The highest BCUT2D eigenvalue weighted by atomic mass is 15.1. The second-order valence-corrected chi connectivity index (χ2v) is 6.78. The zero-order valence-corrected chi connectivity index (χ0v) is 14.2. The Hall–Kier alpha value is -2.20. The molecule has 3 rings (SSSR count). The minimum absolute atomic E-state index is 0.681. The van der Waals surface area contributed by atoms with Crippen LogP contribution >= 0.6 is 0 Å². The van der Waals surface area contributed by atoms with Crippen LogP contribution in [0.3, 0.4) is 0 Å². The Morgan fingerprint density at radius 1 is 1.22 bits per heavy atom. The molecule has 1 heteroatoms. The average Bonchev–Trinajstić information content (AvgIpc) is 3.03. The van der Waals surface area contributed by atoms with Gasteiger partial charge in [0.05, 0.1) is 0 Å². The summed E-state index contributed by atoms with van der Waals surface area (Å²) in [6.45, 7) is 10.8. The third-order valence-corrected chi connectivity index (χ3v) is 5.17. The summed E-state index contributed by atoms with van der Waals surface area (Å²) in [5.41, 5.74) is 7.73. The number of benzene rings is 1. The van der Waals surface area contributed by atoms with E-state index in [0.29, 0.717) is 5.92 Å². The quantitative estimate of drug-likeness (QED) is 0.720. The molecule has 1 nitrogen and oxygen atoms in total. The van der Waals surface area contributed by atoms with Gasteiger partial charge in [-0.25, -0.2) is 0 Å². The molecule has 0 N–H and O–H groups in total. The number of terminal acetylenes is 1. The summed E-state index contributed by atoms with van der Waals surface area (Å²) >= 11 is 0. The molecule has 1 aromatic carbocycles. The van der Waals surface area contributed by atoms with E-state index >= 15 is 0 Å². The first-order valence-electron chi connectivity index (χ1n) is 8.46. The van der Waals surface area contributed by atoms with Crippen molar-refractivity contribution in [2.24, 2.45) is 5.92 Å². The standard InChI is InChI=1S/C22H25N/c1-5-19-7-8-21(15-19)20-10-12-23(13-11-20)18(4)22-9-6-16(2)14-17(22)3/h1,6-9,14,20H,4,10-13,15H2,2-3H3. The van der Waals surface area contributed by atoms with Gasteiger partial charge in [0, 0.05) is 36.3 Å². The van der Waals surface area contributed by atoms with Gasteiger partial charge in [0.2, 0.25) is 0 Å². The predicted octanol–water partition coefficient (Wildman–Crippen LogP) is 4.88. The van der Waals surface area contributed by atoms with E-state index in [2.05, 4.69) is 61.6 Å². The van der Waals surface area contributed by atoms with Crippen LogP contribution in [0.5, 0.6) is 0 Å². The van der Waals surface area contributed by atoms with Crippen molar-refractivity contribution in [1.82, 2.24) is 4.90 Å². The first kappa shape index (κ1) is 15.7. The highest BCUT2D eigenvalue weighted by Gasteiger charge is 2.25. The second-order valence-electron chi connectivity index (χ2n) is 6.78. The van der Waals surface area contributed by atoms with Crippen LogP contribution in [-0.2, 0) is 0 Å². The number of nitrogens with zero attached hydrogens (tertiary/aromatic N) is 1. The maximum absolute atomic E-state index is 5.51. The first-order valence-corrected chi connectivity index (χ1v) is 8.46. The zero-order chi connectivity index (χ0) is 16.4. The van der Waals surface area contributed by atoms with Crippen LogP contribution in [-0.4, -0.2) is 18.0 Å². The lowest BCUT2D eigenvalue weighted by Gasteiger charge is -2.36. The van der Waals surface area contributed by atoms with Crippen molar-refractivity contribution in [3.8, 4) is 12.3 Å². The number of hydrogen-bond acceptors (Lipinski definition) is 1. The number of piperidine rings is 1. The summed E-state index contributed by atoms with van der Waals surface area (Å²) in [4.78, 5) is 2.44. The summed E-state index contributed by atoms with van der Waals surface area (Å²) < 4.78 is 0. The molecule has 0 spiro atoms. The molecule has 0 saturated carbocycles. The number of likely N-dealkylation sites (tertiary alicyclic amines) is 1. The van der Waals surface area contributed by atoms with Crippen LogP contribution in [0.4, 0.5) is 0 Å². The van der Waals surface area contributed by atoms with E-state index in [-0.39, 0.29) is 0 Å². The third-order valence-electron chi connectivity index (χ3n) is 5.17. The molecule has 1 saturated heterocycles. The first-order chi connectivity index (χ1) is 11.1. The van der Waals surface area contributed by atoms with Crippen LogP contribution in [0.1, 0.15) is 36.0 Å². The molecule has 23 heavy (non-hydrogen) atoms. The normalized spacial score (nSPS) is 18.4. The third kappa shape index (κ3) is 3.27. The summed E-state index contributed by atoms with van der Waals surface area (Å²) in [7, 11) is 0. The molecule has 1 aliphatic heterocycles. The molecule has 1 fully saturated rings. The number of aryl methyl sites for hydroxylation is 2. The van der Waals surface area contributed by atoms with Crippen molar-refractivity contribution < 1.29 is 0 Å². The molecule has 0 bridgehead atoms. The number of hydrogen-bond donors (Lipinski definition) is 0. The monoisotopic (exact) mass is 303 g/mol. The van der Waals surface area contributed by atoms with Crippen LogP contribution < -0.4 is 0 Å². The van der Waals surface area contributed by atoms with E-state index in [1.54, 1.807) is 0 Å². The lowest BCUT2D eigenvalue weighted by atomic mass is 9.87. The van der Waals surface area contributed by atoms with Crippen molar-refractivity contribution >= 4 is 5.70 Å². The fourth-order valence-corrected chi connectivity index (χ4v) is 3.75. The Balaban J connectivity index is 1.61. The van der Waals surface area contributed by atoms with Gasteiger partial charge >= 0.3 is 0 Å². The van der Waals surface area contributed by atoms with Gasteiger partial charge in [0.25, 0.3) is 0 Å². The Morgan fingerprint density at radius 3 is 2.57 bits per heavy atom. The molecule has 1 heterocycles. The Labute approximate surface area is 140 Å². The second kappa shape index (κ2) is 6.50. The maximum Gasteiger partial charge on any atom is 0.0369 e. The van der Waals surface area contributed by atoms with Crippen molar-refractivity contribution in [3.05, 3.63) is 64.8 Å². The molecule has 118 valence electrons. The predicted molar refractivity (Wildman–Crippen MR) is 98.9 cm³/mol. The summed E-state index contributed by atoms with van der Waals surface area (Å²) in [5.74, 6) is 3.46. The van der Waals surface area contributed by atoms with Crippen LogP contribution in [0, 0.1) is 32.1 Å². The fraction of sp³-hybridized carbons (Fsp3) is 0.364. The summed E-state index contributed by atoms with van der Waals surface area (Å²) in [6, 6.07) is 6.63. The smallest absolute Gasteiger partial charge is 0.0369 e. The van der Waals surface area contributed by atoms with Gasteiger partial charge in [-0.1, -0.05) is 54.0 Å². The van der Waals surface area contributed by atoms with E-state index < -0.39 is 0 Å². The van der Waals surface area contributed by atoms with E-state index in [1.165, 1.54) is 40.8 Å². The number of rotatable bonds is 3. The topological polar surface area (TPSA) is 3.24 Å². The molecule has 0 aromatic heterocycles. The SMILES string of the molecule is C#CC1=CC=C(C2CCN(C(=C)c3ccc(C)cc3C)CC2)C1. The van der Waals surface area contributed by atoms with Gasteiger partial charge in [0.15, 0.2) is 0 Å². The lowest BCUT2D eigenvalue weighted by Crippen LogP contribution is -2.32. The lowest BCUT2D eigenvalue weighted by molar-refractivity contribution is 0.277. The van der Waals surface area contributed by atoms with Gasteiger partial charge in [-0.3, -0.25) is 0 Å².